The minimum Gasteiger partial charge on any atom is -0.303 e. The third-order valence-corrected chi connectivity index (χ3v) is 4.07. The van der Waals surface area contributed by atoms with Crippen molar-refractivity contribution in [2.45, 2.75) is 47.5 Å². The topological polar surface area (TPSA) is 3.24 Å². The van der Waals surface area contributed by atoms with E-state index in [1.54, 1.807) is 0 Å². The van der Waals surface area contributed by atoms with Gasteiger partial charge in [-0.05, 0) is 43.2 Å². The van der Waals surface area contributed by atoms with Crippen LogP contribution < -0.4 is 0 Å². The van der Waals surface area contributed by atoms with Gasteiger partial charge in [-0.3, -0.25) is 0 Å². The summed E-state index contributed by atoms with van der Waals surface area (Å²) in [5, 5.41) is 0. The van der Waals surface area contributed by atoms with Gasteiger partial charge >= 0.3 is 0 Å². The predicted octanol–water partition coefficient (Wildman–Crippen LogP) is 3.40. The maximum Gasteiger partial charge on any atom is 0.00351 e. The first-order chi connectivity index (χ1) is 6.42. The number of hydrogen-bond acceptors (Lipinski definition) is 1. The van der Waals surface area contributed by atoms with Gasteiger partial charge in [-0.2, -0.15) is 0 Å². The maximum absolute atomic E-state index is 2.65. The van der Waals surface area contributed by atoms with Gasteiger partial charge in [-0.1, -0.05) is 34.6 Å². The minimum absolute atomic E-state index is 0.473. The third kappa shape index (κ3) is 3.27. The van der Waals surface area contributed by atoms with E-state index in [2.05, 4.69) is 39.5 Å². The van der Waals surface area contributed by atoms with E-state index >= 15 is 0 Å². The largest absolute Gasteiger partial charge is 0.303 e. The summed E-state index contributed by atoms with van der Waals surface area (Å²) in [5.41, 5.74) is 0.473. The molecule has 0 aromatic rings. The Labute approximate surface area is 89.9 Å². The molecule has 1 aliphatic rings. The van der Waals surface area contributed by atoms with E-state index in [9.17, 15) is 0 Å². The number of nitrogens with zero attached hydrogens (tertiary/aromatic N) is 1. The van der Waals surface area contributed by atoms with Gasteiger partial charge in [0.2, 0.25) is 0 Å². The molecule has 0 saturated carbocycles. The molecular formula is C13H27N. The molecule has 0 radical (unpaired) electrons. The summed E-state index contributed by atoms with van der Waals surface area (Å²) < 4.78 is 0. The predicted molar refractivity (Wildman–Crippen MR) is 63.5 cm³/mol. The van der Waals surface area contributed by atoms with Crippen molar-refractivity contribution in [3.63, 3.8) is 0 Å². The van der Waals surface area contributed by atoms with Crippen LogP contribution in [0.4, 0.5) is 0 Å². The van der Waals surface area contributed by atoms with Gasteiger partial charge < -0.3 is 4.90 Å². The van der Waals surface area contributed by atoms with E-state index < -0.39 is 0 Å². The van der Waals surface area contributed by atoms with Crippen LogP contribution in [-0.2, 0) is 0 Å². The SMILES string of the molecule is CC1CCN(CC(C)(C)C(C)C)CC1. The zero-order valence-electron chi connectivity index (χ0n) is 10.6. The molecule has 0 aromatic heterocycles. The molecule has 1 saturated heterocycles. The summed E-state index contributed by atoms with van der Waals surface area (Å²) in [6, 6.07) is 0. The average Bonchev–Trinajstić information content (AvgIpc) is 2.08. The Hall–Kier alpha value is -0.0400. The Bertz CT molecular complexity index is 164. The van der Waals surface area contributed by atoms with E-state index in [-0.39, 0.29) is 0 Å². The quantitative estimate of drug-likeness (QED) is 0.670. The van der Waals surface area contributed by atoms with Crippen LogP contribution in [0.1, 0.15) is 47.5 Å². The summed E-state index contributed by atoms with van der Waals surface area (Å²) in [5.74, 6) is 1.73. The Kier molecular flexibility index (Phi) is 4.00. The van der Waals surface area contributed by atoms with Crippen LogP contribution in [0.3, 0.4) is 0 Å². The van der Waals surface area contributed by atoms with E-state index in [0.717, 1.165) is 11.8 Å². The Morgan fingerprint density at radius 1 is 1.21 bits per heavy atom. The molecule has 0 aliphatic carbocycles. The van der Waals surface area contributed by atoms with Crippen LogP contribution in [0.5, 0.6) is 0 Å². The molecule has 1 fully saturated rings. The fourth-order valence-electron chi connectivity index (χ4n) is 1.98. The van der Waals surface area contributed by atoms with Crippen molar-refractivity contribution in [2.75, 3.05) is 19.6 Å². The van der Waals surface area contributed by atoms with Gasteiger partial charge in [-0.25, -0.2) is 0 Å². The van der Waals surface area contributed by atoms with Gasteiger partial charge in [0.15, 0.2) is 0 Å². The summed E-state index contributed by atoms with van der Waals surface area (Å²) in [6.45, 7) is 15.8. The van der Waals surface area contributed by atoms with Crippen LogP contribution in [0.2, 0.25) is 0 Å². The van der Waals surface area contributed by atoms with Gasteiger partial charge in [-0.15, -0.1) is 0 Å². The van der Waals surface area contributed by atoms with Crippen LogP contribution in [-0.4, -0.2) is 24.5 Å². The lowest BCUT2D eigenvalue weighted by atomic mass is 9.80. The molecule has 0 spiro atoms. The highest BCUT2D eigenvalue weighted by atomic mass is 15.1. The highest BCUT2D eigenvalue weighted by Gasteiger charge is 2.26. The lowest BCUT2D eigenvalue weighted by Crippen LogP contribution is -2.41. The van der Waals surface area contributed by atoms with Crippen molar-refractivity contribution in [1.82, 2.24) is 4.90 Å². The first-order valence-electron chi connectivity index (χ1n) is 6.14. The van der Waals surface area contributed by atoms with Gasteiger partial charge in [0.25, 0.3) is 0 Å². The van der Waals surface area contributed by atoms with Crippen LogP contribution in [0.25, 0.3) is 0 Å². The fourth-order valence-corrected chi connectivity index (χ4v) is 1.98. The second kappa shape index (κ2) is 4.65. The van der Waals surface area contributed by atoms with E-state index in [1.807, 2.05) is 0 Å². The highest BCUT2D eigenvalue weighted by molar-refractivity contribution is 4.79. The first kappa shape index (κ1) is 12.0. The molecule has 1 heterocycles. The van der Waals surface area contributed by atoms with Crippen molar-refractivity contribution in [3.8, 4) is 0 Å². The number of likely N-dealkylation sites (tertiary alicyclic amines) is 1. The monoisotopic (exact) mass is 197 g/mol. The number of hydrogen-bond donors (Lipinski definition) is 0. The zero-order chi connectivity index (χ0) is 10.8. The Balaban J connectivity index is 2.37. The molecule has 0 atom stereocenters. The Morgan fingerprint density at radius 3 is 2.14 bits per heavy atom. The van der Waals surface area contributed by atoms with Crippen molar-refractivity contribution in [1.29, 1.82) is 0 Å². The minimum atomic E-state index is 0.473. The molecule has 1 nitrogen and oxygen atoms in total. The lowest BCUT2D eigenvalue weighted by Gasteiger charge is -2.38. The summed E-state index contributed by atoms with van der Waals surface area (Å²) in [7, 11) is 0. The van der Waals surface area contributed by atoms with Crippen molar-refractivity contribution < 1.29 is 0 Å². The van der Waals surface area contributed by atoms with E-state index in [0.29, 0.717) is 5.41 Å². The Morgan fingerprint density at radius 2 is 1.71 bits per heavy atom. The molecule has 0 unspecified atom stereocenters. The summed E-state index contributed by atoms with van der Waals surface area (Å²) in [4.78, 5) is 2.65. The molecule has 14 heavy (non-hydrogen) atoms. The van der Waals surface area contributed by atoms with Crippen LogP contribution in [0, 0.1) is 17.3 Å². The molecule has 0 N–H and O–H groups in total. The van der Waals surface area contributed by atoms with Crippen molar-refractivity contribution >= 4 is 0 Å². The molecule has 1 rings (SSSR count). The zero-order valence-corrected chi connectivity index (χ0v) is 10.6. The van der Waals surface area contributed by atoms with Crippen LogP contribution in [0.15, 0.2) is 0 Å². The highest BCUT2D eigenvalue weighted by Crippen LogP contribution is 2.28. The fraction of sp³-hybridized carbons (Fsp3) is 1.00. The van der Waals surface area contributed by atoms with Gasteiger partial charge in [0, 0.05) is 6.54 Å². The van der Waals surface area contributed by atoms with Crippen LogP contribution >= 0.6 is 0 Å². The molecular weight excluding hydrogens is 170 g/mol. The van der Waals surface area contributed by atoms with Crippen molar-refractivity contribution in [2.24, 2.45) is 17.3 Å². The second-order valence-corrected chi connectivity index (χ2v) is 6.10. The lowest BCUT2D eigenvalue weighted by molar-refractivity contribution is 0.103. The standard InChI is InChI=1S/C13H27N/c1-11(2)13(4,5)10-14-8-6-12(3)7-9-14/h11-12H,6-10H2,1-5H3. The summed E-state index contributed by atoms with van der Waals surface area (Å²) in [6.07, 6.45) is 2.79. The second-order valence-electron chi connectivity index (χ2n) is 6.10. The first-order valence-corrected chi connectivity index (χ1v) is 6.14. The van der Waals surface area contributed by atoms with Crippen molar-refractivity contribution in [3.05, 3.63) is 0 Å². The molecule has 1 heteroatoms. The number of rotatable bonds is 3. The number of piperidine rings is 1. The molecule has 1 aliphatic heterocycles. The average molecular weight is 197 g/mol. The third-order valence-electron chi connectivity index (χ3n) is 4.07. The summed E-state index contributed by atoms with van der Waals surface area (Å²) >= 11 is 0. The molecule has 0 bridgehead atoms. The molecule has 0 amide bonds. The molecule has 84 valence electrons. The maximum atomic E-state index is 2.65. The van der Waals surface area contributed by atoms with Gasteiger partial charge in [0.05, 0.1) is 0 Å². The van der Waals surface area contributed by atoms with E-state index in [4.69, 9.17) is 0 Å². The van der Waals surface area contributed by atoms with E-state index in [1.165, 1.54) is 32.5 Å². The van der Waals surface area contributed by atoms with Gasteiger partial charge in [0.1, 0.15) is 0 Å². The smallest absolute Gasteiger partial charge is 0.00351 e. The normalized spacial score (nSPS) is 21.9. The molecule has 0 aromatic carbocycles.